The van der Waals surface area contributed by atoms with Gasteiger partial charge in [0.15, 0.2) is 5.82 Å². The third-order valence-corrected chi connectivity index (χ3v) is 9.27. The zero-order chi connectivity index (χ0) is 34.1. The number of anilines is 4. The first-order chi connectivity index (χ1) is 22.3. The third kappa shape index (κ3) is 7.03. The number of hydrogen-bond donors (Lipinski definition) is 2. The third-order valence-electron chi connectivity index (χ3n) is 9.27. The first-order valence-electron chi connectivity index (χ1n) is 15.9. The lowest BCUT2D eigenvalue weighted by molar-refractivity contribution is -0.140. The maximum Gasteiger partial charge on any atom is 0.409 e. The zero-order valence-corrected chi connectivity index (χ0v) is 27.4. The minimum absolute atomic E-state index is 0.0409. The van der Waals surface area contributed by atoms with Crippen molar-refractivity contribution in [3.8, 4) is 5.75 Å². The fraction of sp³-hybridized carbons (Fsp3) is 0.594. The molecule has 15 heteroatoms. The van der Waals surface area contributed by atoms with Gasteiger partial charge in [-0.3, -0.25) is 9.59 Å². The van der Waals surface area contributed by atoms with Crippen LogP contribution in [0.4, 0.5) is 41.1 Å². The molecule has 5 rings (SSSR count). The number of hydrogen-bond acceptors (Lipinski definition) is 9. The van der Waals surface area contributed by atoms with E-state index in [0.29, 0.717) is 19.7 Å². The second-order valence-electron chi connectivity index (χ2n) is 12.9. The summed E-state index contributed by atoms with van der Waals surface area (Å²) in [6.07, 6.45) is 5.89. The van der Waals surface area contributed by atoms with E-state index >= 15 is 4.39 Å². The van der Waals surface area contributed by atoms with Crippen LogP contribution in [0.3, 0.4) is 0 Å². The maximum absolute atomic E-state index is 15.4. The SMILES string of the molecule is CCCCOC(=O)N1CCC2(CC1)CC(NC(=O)c1cc(OC)c(Nc3ncc4c(n3)N(C(C)C)CC(F)(F)C(=O)N4C)cc1F)C2. The maximum atomic E-state index is 15.4. The van der Waals surface area contributed by atoms with Gasteiger partial charge in [-0.05, 0) is 57.4 Å². The summed E-state index contributed by atoms with van der Waals surface area (Å²) in [7, 11) is 2.60. The molecule has 1 aromatic heterocycles. The molecule has 2 aliphatic heterocycles. The molecule has 0 atom stereocenters. The minimum atomic E-state index is -3.64. The summed E-state index contributed by atoms with van der Waals surface area (Å²) < 4.78 is 55.4. The zero-order valence-electron chi connectivity index (χ0n) is 27.4. The number of ether oxygens (including phenoxy) is 2. The highest BCUT2D eigenvalue weighted by Gasteiger charge is 2.48. The number of fused-ring (bicyclic) bond motifs is 1. The number of amides is 3. The van der Waals surface area contributed by atoms with E-state index in [1.54, 1.807) is 18.7 Å². The monoisotopic (exact) mass is 661 g/mol. The fourth-order valence-electron chi connectivity index (χ4n) is 6.45. The molecule has 2 N–H and O–H groups in total. The van der Waals surface area contributed by atoms with E-state index in [-0.39, 0.29) is 52.0 Å². The van der Waals surface area contributed by atoms with E-state index in [4.69, 9.17) is 9.47 Å². The number of carbonyl (C=O) groups excluding carboxylic acids is 3. The van der Waals surface area contributed by atoms with E-state index in [0.717, 1.165) is 49.5 Å². The van der Waals surface area contributed by atoms with Crippen molar-refractivity contribution in [3.63, 3.8) is 0 Å². The average Bonchev–Trinajstić information content (AvgIpc) is 3.09. The molecule has 0 bridgehead atoms. The number of rotatable bonds is 9. The first kappa shape index (κ1) is 34.0. The van der Waals surface area contributed by atoms with Gasteiger partial charge < -0.3 is 34.8 Å². The lowest BCUT2D eigenvalue weighted by Gasteiger charge is -2.52. The van der Waals surface area contributed by atoms with Gasteiger partial charge >= 0.3 is 12.0 Å². The van der Waals surface area contributed by atoms with Crippen molar-refractivity contribution < 1.29 is 37.0 Å². The predicted octanol–water partition coefficient (Wildman–Crippen LogP) is 5.11. The molecule has 256 valence electrons. The Morgan fingerprint density at radius 3 is 2.51 bits per heavy atom. The lowest BCUT2D eigenvalue weighted by Crippen LogP contribution is -2.55. The molecule has 3 heterocycles. The van der Waals surface area contributed by atoms with Crippen LogP contribution in [0.15, 0.2) is 18.3 Å². The number of methoxy groups -OCH3 is 1. The van der Waals surface area contributed by atoms with Gasteiger partial charge in [0.05, 0.1) is 37.7 Å². The van der Waals surface area contributed by atoms with Crippen LogP contribution < -0.4 is 25.2 Å². The van der Waals surface area contributed by atoms with E-state index in [9.17, 15) is 23.2 Å². The second kappa shape index (κ2) is 13.4. The number of halogens is 3. The van der Waals surface area contributed by atoms with Gasteiger partial charge in [0, 0.05) is 38.3 Å². The van der Waals surface area contributed by atoms with E-state index in [2.05, 4.69) is 20.6 Å². The number of alkyl halides is 2. The van der Waals surface area contributed by atoms with E-state index in [1.807, 2.05) is 6.92 Å². The van der Waals surface area contributed by atoms with Crippen LogP contribution in [0.2, 0.25) is 0 Å². The van der Waals surface area contributed by atoms with Crippen LogP contribution in [-0.2, 0) is 9.53 Å². The Morgan fingerprint density at radius 1 is 1.17 bits per heavy atom. The highest BCUT2D eigenvalue weighted by molar-refractivity contribution is 6.02. The molecule has 1 saturated heterocycles. The fourth-order valence-corrected chi connectivity index (χ4v) is 6.45. The molecule has 2 aromatic rings. The molecule has 3 aliphatic rings. The molecular weight excluding hydrogens is 619 g/mol. The van der Waals surface area contributed by atoms with E-state index < -0.39 is 36.1 Å². The molecule has 1 aromatic carbocycles. The van der Waals surface area contributed by atoms with Gasteiger partial charge in [-0.25, -0.2) is 14.2 Å². The number of carbonyl (C=O) groups is 3. The minimum Gasteiger partial charge on any atom is -0.495 e. The van der Waals surface area contributed by atoms with Gasteiger partial charge in [0.1, 0.15) is 17.3 Å². The van der Waals surface area contributed by atoms with E-state index in [1.165, 1.54) is 31.3 Å². The molecular formula is C32H42F3N7O5. The smallest absolute Gasteiger partial charge is 0.409 e. The molecule has 12 nitrogen and oxygen atoms in total. The quantitative estimate of drug-likeness (QED) is 0.353. The van der Waals surface area contributed by atoms with Crippen molar-refractivity contribution in [1.29, 1.82) is 0 Å². The molecule has 2 fully saturated rings. The standard InChI is InChI=1S/C32H42F3N7O5/c1-6-7-12-47-30(45)41-10-8-31(9-11-41)15-20(16-31)37-27(43)21-13-25(46-5)23(14-22(21)33)38-29-36-17-24-26(39-29)42(19(2)3)18-32(34,35)28(44)40(24)4/h13-14,17,19-20H,6-12,15-16,18H2,1-5H3,(H,37,43)(H,36,38,39). The Kier molecular flexibility index (Phi) is 9.73. The predicted molar refractivity (Wildman–Crippen MR) is 169 cm³/mol. The number of nitrogens with one attached hydrogen (secondary N) is 2. The highest BCUT2D eigenvalue weighted by atomic mass is 19.3. The van der Waals surface area contributed by atoms with Crippen molar-refractivity contribution in [1.82, 2.24) is 20.2 Å². The van der Waals surface area contributed by atoms with Crippen molar-refractivity contribution >= 4 is 41.0 Å². The molecule has 0 unspecified atom stereocenters. The summed E-state index contributed by atoms with van der Waals surface area (Å²) in [5.74, 6) is -6.20. The van der Waals surface area contributed by atoms with Crippen LogP contribution in [0.5, 0.6) is 5.75 Å². The van der Waals surface area contributed by atoms with Gasteiger partial charge in [-0.15, -0.1) is 0 Å². The Bertz CT molecular complexity index is 1510. The number of unbranched alkanes of at least 4 members (excludes halogenated alkanes) is 1. The Balaban J connectivity index is 1.24. The van der Waals surface area contributed by atoms with Crippen LogP contribution in [-0.4, -0.2) is 91.2 Å². The highest BCUT2D eigenvalue weighted by Crippen LogP contribution is 2.49. The topological polar surface area (TPSA) is 129 Å². The summed E-state index contributed by atoms with van der Waals surface area (Å²) in [6.45, 7) is 6.21. The second-order valence-corrected chi connectivity index (χ2v) is 12.9. The van der Waals surface area contributed by atoms with Crippen molar-refractivity contribution in [2.45, 2.75) is 77.3 Å². The normalized spacial score (nSPS) is 18.8. The molecule has 3 amide bonds. The van der Waals surface area contributed by atoms with Crippen LogP contribution >= 0.6 is 0 Å². The summed E-state index contributed by atoms with van der Waals surface area (Å²) in [5.41, 5.74) is 0.0571. The summed E-state index contributed by atoms with van der Waals surface area (Å²) in [4.78, 5) is 50.2. The van der Waals surface area contributed by atoms with Crippen LogP contribution in [0.25, 0.3) is 0 Å². The van der Waals surface area contributed by atoms with Crippen LogP contribution in [0.1, 0.15) is 69.7 Å². The number of benzene rings is 1. The molecule has 1 spiro atoms. The Labute approximate surface area is 272 Å². The average molecular weight is 662 g/mol. The van der Waals surface area contributed by atoms with Gasteiger partial charge in [0.2, 0.25) is 5.95 Å². The largest absolute Gasteiger partial charge is 0.495 e. The Hall–Kier alpha value is -4.30. The number of piperidine rings is 1. The van der Waals surface area contributed by atoms with Crippen molar-refractivity contribution in [2.24, 2.45) is 5.41 Å². The first-order valence-corrected chi connectivity index (χ1v) is 15.9. The number of aromatic nitrogens is 2. The number of nitrogens with zero attached hydrogens (tertiary/aromatic N) is 5. The molecule has 47 heavy (non-hydrogen) atoms. The van der Waals surface area contributed by atoms with Crippen LogP contribution in [0, 0.1) is 11.2 Å². The Morgan fingerprint density at radius 2 is 1.87 bits per heavy atom. The summed E-state index contributed by atoms with van der Waals surface area (Å²) in [5, 5.41) is 5.78. The lowest BCUT2D eigenvalue weighted by atomic mass is 9.60. The molecule has 1 aliphatic carbocycles. The van der Waals surface area contributed by atoms with Crippen molar-refractivity contribution in [2.75, 3.05) is 55.5 Å². The van der Waals surface area contributed by atoms with Gasteiger partial charge in [-0.2, -0.15) is 13.8 Å². The van der Waals surface area contributed by atoms with Gasteiger partial charge in [-0.1, -0.05) is 13.3 Å². The molecule has 0 radical (unpaired) electrons. The van der Waals surface area contributed by atoms with Crippen molar-refractivity contribution in [3.05, 3.63) is 29.7 Å². The van der Waals surface area contributed by atoms with Gasteiger partial charge in [0.25, 0.3) is 11.8 Å². The molecule has 1 saturated carbocycles. The summed E-state index contributed by atoms with van der Waals surface area (Å²) >= 11 is 0. The number of likely N-dealkylation sites (tertiary alicyclic amines) is 1. The summed E-state index contributed by atoms with van der Waals surface area (Å²) in [6, 6.07) is 1.82.